The highest BCUT2D eigenvalue weighted by atomic mass is 16.2. The zero-order valence-corrected chi connectivity index (χ0v) is 16.5. The maximum Gasteiger partial charge on any atom is 0.261 e. The van der Waals surface area contributed by atoms with Gasteiger partial charge in [0, 0.05) is 31.7 Å². The van der Waals surface area contributed by atoms with E-state index in [1.54, 1.807) is 17.3 Å². The number of carbonyl (C=O) groups excluding carboxylic acids is 1. The Morgan fingerprint density at radius 3 is 2.14 bits per heavy atom. The predicted octanol–water partition coefficient (Wildman–Crippen LogP) is 4.56. The Hall–Kier alpha value is -3.21. The summed E-state index contributed by atoms with van der Waals surface area (Å²) < 4.78 is 0. The topological polar surface area (TPSA) is 49.3 Å². The van der Waals surface area contributed by atoms with Gasteiger partial charge in [0.1, 0.15) is 0 Å². The molecule has 1 amide bonds. The first kappa shape index (κ1) is 19.5. The molecule has 0 atom stereocenters. The monoisotopic (exact) mass is 374 g/mol. The van der Waals surface area contributed by atoms with Crippen molar-refractivity contribution in [3.05, 3.63) is 84.2 Å². The Labute approximate surface area is 166 Å². The van der Waals surface area contributed by atoms with Crippen LogP contribution in [0.15, 0.2) is 73.1 Å². The lowest BCUT2D eigenvalue weighted by molar-refractivity contribution is 0.0984. The van der Waals surface area contributed by atoms with Crippen molar-refractivity contribution in [3.63, 3.8) is 0 Å². The molecule has 28 heavy (non-hydrogen) atoms. The van der Waals surface area contributed by atoms with Gasteiger partial charge in [0.15, 0.2) is 0 Å². The average Bonchev–Trinajstić information content (AvgIpc) is 2.77. The quantitative estimate of drug-likeness (QED) is 0.580. The van der Waals surface area contributed by atoms with Crippen LogP contribution in [0.25, 0.3) is 0 Å². The standard InChI is InChI=1S/C23H26N4O/c1-3-4-15-26(2)23-24-16-20(17-25-23)22(28)27(21-13-9-6-10-14-21)18-19-11-7-5-8-12-19/h5-14,16-17H,3-4,15,18H2,1-2H3. The van der Waals surface area contributed by atoms with E-state index in [-0.39, 0.29) is 5.91 Å². The summed E-state index contributed by atoms with van der Waals surface area (Å²) in [7, 11) is 1.97. The molecule has 144 valence electrons. The largest absolute Gasteiger partial charge is 0.344 e. The highest BCUT2D eigenvalue weighted by Crippen LogP contribution is 2.20. The minimum absolute atomic E-state index is 0.113. The fourth-order valence-electron chi connectivity index (χ4n) is 2.93. The van der Waals surface area contributed by atoms with Crippen LogP contribution in [0.5, 0.6) is 0 Å². The summed E-state index contributed by atoms with van der Waals surface area (Å²) in [5.74, 6) is 0.525. The number of anilines is 2. The Morgan fingerprint density at radius 2 is 1.54 bits per heavy atom. The minimum Gasteiger partial charge on any atom is -0.344 e. The molecule has 0 aliphatic heterocycles. The van der Waals surface area contributed by atoms with Gasteiger partial charge >= 0.3 is 0 Å². The van der Waals surface area contributed by atoms with Crippen LogP contribution in [-0.4, -0.2) is 29.5 Å². The van der Waals surface area contributed by atoms with Gasteiger partial charge in [-0.3, -0.25) is 4.79 Å². The first-order chi connectivity index (χ1) is 13.7. The van der Waals surface area contributed by atoms with Crippen LogP contribution >= 0.6 is 0 Å². The molecule has 0 radical (unpaired) electrons. The van der Waals surface area contributed by atoms with Gasteiger partial charge in [0.05, 0.1) is 12.1 Å². The van der Waals surface area contributed by atoms with Crippen LogP contribution in [0.1, 0.15) is 35.7 Å². The number of nitrogens with zero attached hydrogens (tertiary/aromatic N) is 4. The predicted molar refractivity (Wildman–Crippen MR) is 114 cm³/mol. The van der Waals surface area contributed by atoms with Crippen molar-refractivity contribution in [2.24, 2.45) is 0 Å². The van der Waals surface area contributed by atoms with Crippen molar-refractivity contribution in [2.45, 2.75) is 26.3 Å². The highest BCUT2D eigenvalue weighted by Gasteiger charge is 2.19. The third-order valence-corrected chi connectivity index (χ3v) is 4.57. The lowest BCUT2D eigenvalue weighted by Gasteiger charge is -2.23. The van der Waals surface area contributed by atoms with Gasteiger partial charge in [-0.05, 0) is 24.1 Å². The number of rotatable bonds is 8. The molecule has 0 saturated carbocycles. The third-order valence-electron chi connectivity index (χ3n) is 4.57. The summed E-state index contributed by atoms with van der Waals surface area (Å²) in [6.07, 6.45) is 5.44. The Kier molecular flexibility index (Phi) is 6.73. The van der Waals surface area contributed by atoms with Crippen molar-refractivity contribution >= 4 is 17.5 Å². The van der Waals surface area contributed by atoms with E-state index in [1.165, 1.54) is 0 Å². The number of carbonyl (C=O) groups is 1. The van der Waals surface area contributed by atoms with E-state index in [0.717, 1.165) is 30.6 Å². The SMILES string of the molecule is CCCCN(C)c1ncc(C(=O)N(Cc2ccccc2)c2ccccc2)cn1. The van der Waals surface area contributed by atoms with E-state index < -0.39 is 0 Å². The molecule has 0 aliphatic carbocycles. The summed E-state index contributed by atoms with van der Waals surface area (Å²) in [6, 6.07) is 19.7. The minimum atomic E-state index is -0.113. The zero-order valence-electron chi connectivity index (χ0n) is 16.5. The van der Waals surface area contributed by atoms with Crippen LogP contribution in [0.4, 0.5) is 11.6 Å². The van der Waals surface area contributed by atoms with E-state index in [1.807, 2.05) is 72.6 Å². The second kappa shape index (κ2) is 9.65. The third kappa shape index (κ3) is 4.94. The Morgan fingerprint density at radius 1 is 0.929 bits per heavy atom. The molecular weight excluding hydrogens is 348 g/mol. The van der Waals surface area contributed by atoms with Gasteiger partial charge in [-0.2, -0.15) is 0 Å². The van der Waals surface area contributed by atoms with E-state index in [2.05, 4.69) is 16.9 Å². The molecular formula is C23H26N4O. The maximum absolute atomic E-state index is 13.2. The van der Waals surface area contributed by atoms with Crippen LogP contribution in [0, 0.1) is 0 Å². The van der Waals surface area contributed by atoms with Crippen LogP contribution < -0.4 is 9.80 Å². The number of benzene rings is 2. The second-order valence-corrected chi connectivity index (χ2v) is 6.76. The molecule has 1 heterocycles. The molecule has 0 aliphatic rings. The number of para-hydroxylation sites is 1. The van der Waals surface area contributed by atoms with Gasteiger partial charge in [0.2, 0.25) is 5.95 Å². The molecule has 0 spiro atoms. The number of aromatic nitrogens is 2. The highest BCUT2D eigenvalue weighted by molar-refractivity contribution is 6.05. The van der Waals surface area contributed by atoms with Gasteiger partial charge in [-0.15, -0.1) is 0 Å². The van der Waals surface area contributed by atoms with Gasteiger partial charge < -0.3 is 9.80 Å². The lowest BCUT2D eigenvalue weighted by atomic mass is 10.1. The number of amides is 1. The molecule has 5 heteroatoms. The molecule has 2 aromatic carbocycles. The smallest absolute Gasteiger partial charge is 0.261 e. The molecule has 0 saturated heterocycles. The molecule has 0 fully saturated rings. The van der Waals surface area contributed by atoms with Crippen molar-refractivity contribution in [2.75, 3.05) is 23.4 Å². The van der Waals surface area contributed by atoms with E-state index >= 15 is 0 Å². The van der Waals surface area contributed by atoms with E-state index in [4.69, 9.17) is 0 Å². The number of unbranched alkanes of at least 4 members (excludes halogenated alkanes) is 1. The summed E-state index contributed by atoms with van der Waals surface area (Å²) in [5.41, 5.74) is 2.39. The van der Waals surface area contributed by atoms with Gasteiger partial charge in [-0.25, -0.2) is 9.97 Å². The first-order valence-electron chi connectivity index (χ1n) is 9.63. The summed E-state index contributed by atoms with van der Waals surface area (Å²) in [5, 5.41) is 0. The Balaban J connectivity index is 1.83. The van der Waals surface area contributed by atoms with Crippen LogP contribution in [0.3, 0.4) is 0 Å². The first-order valence-corrected chi connectivity index (χ1v) is 9.63. The fourth-order valence-corrected chi connectivity index (χ4v) is 2.93. The van der Waals surface area contributed by atoms with Gasteiger partial charge in [-0.1, -0.05) is 61.9 Å². The van der Waals surface area contributed by atoms with Crippen molar-refractivity contribution in [1.29, 1.82) is 0 Å². The van der Waals surface area contributed by atoms with Crippen molar-refractivity contribution < 1.29 is 4.79 Å². The molecule has 0 unspecified atom stereocenters. The van der Waals surface area contributed by atoms with Crippen molar-refractivity contribution in [3.8, 4) is 0 Å². The molecule has 3 rings (SSSR count). The molecule has 0 N–H and O–H groups in total. The Bertz CT molecular complexity index is 866. The van der Waals surface area contributed by atoms with E-state index in [9.17, 15) is 4.79 Å². The molecule has 1 aromatic heterocycles. The normalized spacial score (nSPS) is 10.5. The zero-order chi connectivity index (χ0) is 19.8. The van der Waals surface area contributed by atoms with Crippen molar-refractivity contribution in [1.82, 2.24) is 9.97 Å². The number of hydrogen-bond donors (Lipinski definition) is 0. The molecule has 5 nitrogen and oxygen atoms in total. The summed E-state index contributed by atoms with van der Waals surface area (Å²) >= 11 is 0. The summed E-state index contributed by atoms with van der Waals surface area (Å²) in [4.78, 5) is 25.8. The second-order valence-electron chi connectivity index (χ2n) is 6.76. The van der Waals surface area contributed by atoms with E-state index in [0.29, 0.717) is 18.1 Å². The summed E-state index contributed by atoms with van der Waals surface area (Å²) in [6.45, 7) is 3.54. The fraction of sp³-hybridized carbons (Fsp3) is 0.261. The van der Waals surface area contributed by atoms with Gasteiger partial charge in [0.25, 0.3) is 5.91 Å². The maximum atomic E-state index is 13.2. The lowest BCUT2D eigenvalue weighted by Crippen LogP contribution is -2.31. The van der Waals surface area contributed by atoms with Crippen LogP contribution in [-0.2, 0) is 6.54 Å². The average molecular weight is 374 g/mol. The number of hydrogen-bond acceptors (Lipinski definition) is 4. The van der Waals surface area contributed by atoms with Crippen LogP contribution in [0.2, 0.25) is 0 Å². The molecule has 0 bridgehead atoms. The molecule has 3 aromatic rings.